The molecule has 1 amide bonds. The third kappa shape index (κ3) is 12.6. The van der Waals surface area contributed by atoms with Gasteiger partial charge in [0.05, 0.1) is 6.42 Å². The fraction of sp³-hybridized carbons (Fsp3) is 0.484. The highest BCUT2D eigenvalue weighted by molar-refractivity contribution is 5.97. The zero-order valence-corrected chi connectivity index (χ0v) is 23.0. The zero-order chi connectivity index (χ0) is 27.8. The highest BCUT2D eigenvalue weighted by Crippen LogP contribution is 2.16. The molecule has 0 saturated carbocycles. The molecule has 5 nitrogen and oxygen atoms in total. The van der Waals surface area contributed by atoms with Gasteiger partial charge in [0.1, 0.15) is 17.4 Å². The van der Waals surface area contributed by atoms with Crippen molar-refractivity contribution in [1.29, 1.82) is 0 Å². The molecule has 2 aromatic carbocycles. The van der Waals surface area contributed by atoms with Crippen molar-refractivity contribution in [3.8, 4) is 0 Å². The molecular formula is C31H42FNO4. The topological polar surface area (TPSA) is 80.3 Å². The van der Waals surface area contributed by atoms with Crippen LogP contribution in [0.2, 0.25) is 0 Å². The van der Waals surface area contributed by atoms with E-state index >= 15 is 0 Å². The summed E-state index contributed by atoms with van der Waals surface area (Å²) in [5.41, 5.74) is 3.49. The van der Waals surface area contributed by atoms with Crippen LogP contribution in [0.15, 0.2) is 42.5 Å². The van der Waals surface area contributed by atoms with Crippen LogP contribution in [0.25, 0.3) is 0 Å². The average molecular weight is 512 g/mol. The van der Waals surface area contributed by atoms with Gasteiger partial charge in [-0.05, 0) is 61.4 Å². The maximum Gasteiger partial charge on any atom is 0.224 e. The van der Waals surface area contributed by atoms with Crippen molar-refractivity contribution < 1.29 is 23.6 Å². The van der Waals surface area contributed by atoms with Crippen molar-refractivity contribution in [2.24, 2.45) is 5.92 Å². The molecule has 1 N–H and O–H groups in total. The molecule has 1 unspecified atom stereocenters. The number of carbonyl (C=O) groups is 4. The normalized spacial score (nSPS) is 11.2. The lowest BCUT2D eigenvalue weighted by molar-refractivity contribution is -0.122. The third-order valence-electron chi connectivity index (χ3n) is 6.17. The number of Topliss-reactive ketones (excluding diaryl/α,β-unsaturated/α-hetero) is 3. The third-order valence-corrected chi connectivity index (χ3v) is 6.17. The van der Waals surface area contributed by atoms with E-state index in [2.05, 4.69) is 5.32 Å². The van der Waals surface area contributed by atoms with Gasteiger partial charge in [0, 0.05) is 37.3 Å². The first-order chi connectivity index (χ1) is 17.6. The van der Waals surface area contributed by atoms with Gasteiger partial charge in [-0.2, -0.15) is 0 Å². The summed E-state index contributed by atoms with van der Waals surface area (Å²) in [4.78, 5) is 46.1. The maximum absolute atomic E-state index is 12.9. The van der Waals surface area contributed by atoms with Gasteiger partial charge in [-0.1, -0.05) is 58.0 Å². The Balaban J connectivity index is 0.000000482. The summed E-state index contributed by atoms with van der Waals surface area (Å²) < 4.78 is 12.9. The molecule has 0 heterocycles. The largest absolute Gasteiger partial charge is 0.352 e. The minimum atomic E-state index is -0.292. The Labute approximate surface area is 221 Å². The molecule has 0 fully saturated rings. The number of hydrogen-bond acceptors (Lipinski definition) is 4. The van der Waals surface area contributed by atoms with Gasteiger partial charge in [0.25, 0.3) is 0 Å². The van der Waals surface area contributed by atoms with Gasteiger partial charge in [-0.3, -0.25) is 19.2 Å². The molecular weight excluding hydrogens is 469 g/mol. The predicted octanol–water partition coefficient (Wildman–Crippen LogP) is 6.59. The lowest BCUT2D eigenvalue weighted by Crippen LogP contribution is -2.24. The second kappa shape index (κ2) is 17.3. The van der Waals surface area contributed by atoms with Crippen LogP contribution in [0, 0.1) is 11.7 Å². The van der Waals surface area contributed by atoms with Gasteiger partial charge < -0.3 is 5.32 Å². The Morgan fingerprint density at radius 1 is 0.865 bits per heavy atom. The monoisotopic (exact) mass is 511 g/mol. The van der Waals surface area contributed by atoms with Crippen molar-refractivity contribution in [1.82, 2.24) is 5.32 Å². The first-order valence-electron chi connectivity index (χ1n) is 13.3. The molecule has 0 aromatic heterocycles. The van der Waals surface area contributed by atoms with Gasteiger partial charge in [-0.25, -0.2) is 4.39 Å². The van der Waals surface area contributed by atoms with E-state index in [-0.39, 0.29) is 41.4 Å². The number of aryl methyl sites for hydroxylation is 1. The van der Waals surface area contributed by atoms with Crippen LogP contribution in [-0.4, -0.2) is 23.3 Å². The number of amides is 1. The van der Waals surface area contributed by atoms with Gasteiger partial charge in [0.15, 0.2) is 5.78 Å². The molecule has 0 bridgehead atoms. The fourth-order valence-corrected chi connectivity index (χ4v) is 3.72. The summed E-state index contributed by atoms with van der Waals surface area (Å²) in [6.07, 6.45) is 5.24. The van der Waals surface area contributed by atoms with Crippen LogP contribution in [0.5, 0.6) is 0 Å². The second-order valence-electron chi connectivity index (χ2n) is 9.44. The average Bonchev–Trinajstić information content (AvgIpc) is 2.87. The van der Waals surface area contributed by atoms with Crippen LogP contribution in [0.1, 0.15) is 100 Å². The highest BCUT2D eigenvalue weighted by atomic mass is 19.1. The Morgan fingerprint density at radius 2 is 1.49 bits per heavy atom. The van der Waals surface area contributed by atoms with Crippen molar-refractivity contribution in [3.63, 3.8) is 0 Å². The van der Waals surface area contributed by atoms with E-state index in [1.54, 1.807) is 19.1 Å². The Bertz CT molecular complexity index is 1030. The number of halogens is 1. The number of hydrogen-bond donors (Lipinski definition) is 1. The van der Waals surface area contributed by atoms with E-state index in [0.29, 0.717) is 32.2 Å². The van der Waals surface area contributed by atoms with E-state index < -0.39 is 0 Å². The summed E-state index contributed by atoms with van der Waals surface area (Å²) in [6.45, 7) is 9.81. The Morgan fingerprint density at radius 3 is 2.05 bits per heavy atom. The molecule has 0 aliphatic rings. The fourth-order valence-electron chi connectivity index (χ4n) is 3.72. The maximum atomic E-state index is 12.9. The first kappa shape index (κ1) is 31.9. The van der Waals surface area contributed by atoms with Crippen LogP contribution >= 0.6 is 0 Å². The molecule has 37 heavy (non-hydrogen) atoms. The van der Waals surface area contributed by atoms with Crippen molar-refractivity contribution in [3.05, 3.63) is 70.5 Å². The highest BCUT2D eigenvalue weighted by Gasteiger charge is 2.12. The molecule has 2 aromatic rings. The standard InChI is InChI=1S/C21H24FNO2.C10H18O2/c1-3-5-20(24)19-11-8-16(12-17(19)4-2)13-21(25)23-14-15-6-9-18(22)10-7-15;1-4-5-10(12)7-6-8(2)9(3)11/h6-12H,3-5,13-14H2,1-2H3,(H,23,25);8H,4-7H2,1-3H3. The van der Waals surface area contributed by atoms with E-state index in [1.807, 2.05) is 45.9 Å². The van der Waals surface area contributed by atoms with E-state index in [4.69, 9.17) is 0 Å². The van der Waals surface area contributed by atoms with Gasteiger partial charge in [-0.15, -0.1) is 0 Å². The molecule has 202 valence electrons. The van der Waals surface area contributed by atoms with Crippen molar-refractivity contribution in [2.45, 2.75) is 92.5 Å². The van der Waals surface area contributed by atoms with Crippen molar-refractivity contribution >= 4 is 23.3 Å². The summed E-state index contributed by atoms with van der Waals surface area (Å²) in [6, 6.07) is 11.7. The minimum absolute atomic E-state index is 0.0470. The van der Waals surface area contributed by atoms with Crippen LogP contribution in [-0.2, 0) is 33.8 Å². The molecule has 0 aliphatic carbocycles. The second-order valence-corrected chi connectivity index (χ2v) is 9.44. The Hall–Kier alpha value is -3.15. The van der Waals surface area contributed by atoms with Crippen LogP contribution in [0.3, 0.4) is 0 Å². The number of rotatable bonds is 14. The van der Waals surface area contributed by atoms with E-state index in [1.165, 1.54) is 12.1 Å². The molecule has 6 heteroatoms. The number of carbonyl (C=O) groups excluding carboxylic acids is 4. The lowest BCUT2D eigenvalue weighted by Gasteiger charge is -2.10. The van der Waals surface area contributed by atoms with Gasteiger partial charge >= 0.3 is 0 Å². The zero-order valence-electron chi connectivity index (χ0n) is 23.0. The smallest absolute Gasteiger partial charge is 0.224 e. The Kier molecular flexibility index (Phi) is 14.9. The van der Waals surface area contributed by atoms with E-state index in [0.717, 1.165) is 41.5 Å². The van der Waals surface area contributed by atoms with Crippen molar-refractivity contribution in [2.75, 3.05) is 0 Å². The number of benzene rings is 2. The quantitative estimate of drug-likeness (QED) is 0.290. The summed E-state index contributed by atoms with van der Waals surface area (Å²) >= 11 is 0. The summed E-state index contributed by atoms with van der Waals surface area (Å²) in [5, 5.41) is 2.83. The number of ketones is 3. The van der Waals surface area contributed by atoms with Crippen LogP contribution < -0.4 is 5.32 Å². The van der Waals surface area contributed by atoms with Gasteiger partial charge in [0.2, 0.25) is 5.91 Å². The molecule has 0 saturated heterocycles. The summed E-state index contributed by atoms with van der Waals surface area (Å²) in [7, 11) is 0. The number of nitrogens with one attached hydrogen (secondary N) is 1. The lowest BCUT2D eigenvalue weighted by atomic mass is 9.96. The molecule has 0 spiro atoms. The molecule has 1 atom stereocenters. The SMILES string of the molecule is CCCC(=O)CCC(C)C(C)=O.CCCC(=O)c1ccc(CC(=O)NCc2ccc(F)cc2)cc1CC. The predicted molar refractivity (Wildman–Crippen MR) is 146 cm³/mol. The first-order valence-corrected chi connectivity index (χ1v) is 13.3. The molecule has 0 radical (unpaired) electrons. The molecule has 2 rings (SSSR count). The summed E-state index contributed by atoms with van der Waals surface area (Å²) in [5.74, 6) is 0.279. The van der Waals surface area contributed by atoms with Crippen LogP contribution in [0.4, 0.5) is 4.39 Å². The minimum Gasteiger partial charge on any atom is -0.352 e. The molecule has 0 aliphatic heterocycles. The van der Waals surface area contributed by atoms with E-state index in [9.17, 15) is 23.6 Å².